The number of aromatic amines is 1. The molecule has 0 radical (unpaired) electrons. The molecule has 0 aliphatic carbocycles. The maximum Gasteiger partial charge on any atom is 0.245 e. The Morgan fingerprint density at radius 2 is 0.878 bits per heavy atom. The molecule has 0 spiro atoms. The molecule has 1 aromatic heterocycles. The number of aliphatic hydroxyl groups excluding tert-OH is 3. The Morgan fingerprint density at radius 3 is 1.37 bits per heavy atom. The van der Waals surface area contributed by atoms with E-state index < -0.39 is 168 Å². The number of nitrogens with two attached hydrogens (primary N) is 3. The van der Waals surface area contributed by atoms with Crippen LogP contribution < -0.4 is 75.7 Å². The third-order valence-electron chi connectivity index (χ3n) is 21.6. The lowest BCUT2D eigenvalue weighted by Crippen LogP contribution is -2.63. The van der Waals surface area contributed by atoms with Gasteiger partial charge in [0.25, 0.3) is 0 Å². The van der Waals surface area contributed by atoms with Crippen molar-refractivity contribution in [2.24, 2.45) is 39.9 Å². The van der Waals surface area contributed by atoms with Crippen molar-refractivity contribution in [1.82, 2.24) is 68.4 Å². The SMILES string of the molecule is CCCCCCCCCCCCCCCC(=O)N[C@@H](C(=O)N[C@@H](C(=O)N[C@H](CC(C)C)C(=O)N1CCC[C@@H]1C(=O)N[C@H](CC(C)C)C(=O)N[C@H](Cc1c[nH]c2ccccc12)C(=O)N[C@H](C)C(=O)N[C@@H](C(=O)N[C@H](Cc1ccc(O)cc1)C(=O)N[C@@H](C(=O)N[C@H](Cc1ccc(O)cc1)C(=O)N[C@H](CCCN=C(N)N)C(N)=O)[C@H](C)O)[C@H](C)O)[C@H](C)O)C(C)C. The molecule has 15 atom stereocenters. The zero-order chi connectivity index (χ0) is 91.2. The summed E-state index contributed by atoms with van der Waals surface area (Å²) in [5.74, 6) is -12.7. The van der Waals surface area contributed by atoms with Crippen molar-refractivity contribution >= 4 is 93.7 Å². The van der Waals surface area contributed by atoms with Crippen LogP contribution in [0.2, 0.25) is 0 Å². The fourth-order valence-corrected chi connectivity index (χ4v) is 14.6. The Kier molecular flexibility index (Phi) is 43.8. The van der Waals surface area contributed by atoms with Crippen molar-refractivity contribution in [3.8, 4) is 11.5 Å². The molecule has 682 valence electrons. The first-order chi connectivity index (χ1) is 58.3. The molecule has 13 amide bonds. The summed E-state index contributed by atoms with van der Waals surface area (Å²) in [7, 11) is 0. The predicted octanol–water partition coefficient (Wildman–Crippen LogP) is 2.86. The molecule has 1 saturated heterocycles. The van der Waals surface area contributed by atoms with Crippen LogP contribution in [-0.4, -0.2) is 222 Å². The number of aliphatic hydroxyl groups is 3. The molecule has 1 aliphatic rings. The molecular weight excluding hydrogens is 1580 g/mol. The fraction of sp³-hybridized carbons (Fsp3) is 0.614. The molecule has 0 unspecified atom stereocenters. The predicted molar refractivity (Wildman–Crippen MR) is 465 cm³/mol. The minimum absolute atomic E-state index is 0.0187. The molecule has 3 aromatic carbocycles. The second kappa shape index (κ2) is 52.5. The third-order valence-corrected chi connectivity index (χ3v) is 21.6. The van der Waals surface area contributed by atoms with Crippen molar-refractivity contribution < 1.29 is 87.9 Å². The van der Waals surface area contributed by atoms with Crippen LogP contribution in [0, 0.1) is 17.8 Å². The molecule has 5 rings (SSSR count). The number of hydrogen-bond acceptors (Lipinski definition) is 19. The highest BCUT2D eigenvalue weighted by molar-refractivity contribution is 6.01. The molecule has 4 aromatic rings. The molecule has 35 nitrogen and oxygen atoms in total. The lowest BCUT2D eigenvalue weighted by Gasteiger charge is -2.32. The van der Waals surface area contributed by atoms with Crippen LogP contribution in [0.15, 0.2) is 84.0 Å². The van der Waals surface area contributed by atoms with Gasteiger partial charge in [-0.3, -0.25) is 67.3 Å². The summed E-state index contributed by atoms with van der Waals surface area (Å²) in [5, 5.41) is 82.9. The number of phenols is 2. The topological polar surface area (TPSA) is 565 Å². The number of likely N-dealkylation sites (tertiary alicyclic amines) is 1. The molecule has 123 heavy (non-hydrogen) atoms. The van der Waals surface area contributed by atoms with E-state index >= 15 is 0 Å². The number of guanidine groups is 1. The van der Waals surface area contributed by atoms with Crippen LogP contribution >= 0.6 is 0 Å². The molecule has 23 N–H and O–H groups in total. The molecule has 0 bridgehead atoms. The number of aromatic hydroxyl groups is 2. The van der Waals surface area contributed by atoms with E-state index in [0.717, 1.165) is 39.5 Å². The first-order valence-electron chi connectivity index (χ1n) is 43.4. The van der Waals surface area contributed by atoms with Crippen molar-refractivity contribution in [2.75, 3.05) is 13.1 Å². The summed E-state index contributed by atoms with van der Waals surface area (Å²) in [6, 6.07) is 0.404. The number of hydrogen-bond donors (Lipinski definition) is 20. The maximum atomic E-state index is 14.9. The average Bonchev–Trinajstić information content (AvgIpc) is 1.70. The Morgan fingerprint density at radius 1 is 0.455 bits per heavy atom. The van der Waals surface area contributed by atoms with Crippen molar-refractivity contribution in [1.29, 1.82) is 0 Å². The number of primary amides is 1. The fourth-order valence-electron chi connectivity index (χ4n) is 14.6. The summed E-state index contributed by atoms with van der Waals surface area (Å²) in [4.78, 5) is 194. The van der Waals surface area contributed by atoms with Gasteiger partial charge in [0.2, 0.25) is 76.8 Å². The van der Waals surface area contributed by atoms with E-state index in [1.165, 1.54) is 119 Å². The van der Waals surface area contributed by atoms with Crippen molar-refractivity contribution in [3.05, 3.63) is 95.7 Å². The van der Waals surface area contributed by atoms with Crippen LogP contribution in [-0.2, 0) is 81.6 Å². The number of nitrogens with one attached hydrogen (secondary N) is 12. The number of para-hydroxylation sites is 1. The van der Waals surface area contributed by atoms with Gasteiger partial charge in [0.05, 0.1) is 18.3 Å². The number of nitrogens with zero attached hydrogens (tertiary/aromatic N) is 2. The first-order valence-corrected chi connectivity index (χ1v) is 43.4. The number of H-pyrrole nitrogens is 1. The van der Waals surface area contributed by atoms with E-state index in [4.69, 9.17) is 17.2 Å². The van der Waals surface area contributed by atoms with Gasteiger partial charge in [-0.05, 0) is 137 Å². The number of benzene rings is 3. The maximum absolute atomic E-state index is 14.9. The van der Waals surface area contributed by atoms with Crippen LogP contribution in [0.1, 0.15) is 221 Å². The number of phenolic OH excluding ortho intramolecular Hbond substituents is 2. The number of carbonyl (C=O) groups is 13. The van der Waals surface area contributed by atoms with E-state index in [1.807, 2.05) is 13.8 Å². The van der Waals surface area contributed by atoms with Crippen LogP contribution in [0.3, 0.4) is 0 Å². The first kappa shape index (κ1) is 103. The number of amides is 13. The molecule has 1 aliphatic heterocycles. The van der Waals surface area contributed by atoms with Gasteiger partial charge in [-0.15, -0.1) is 0 Å². The molecule has 35 heteroatoms. The largest absolute Gasteiger partial charge is 0.508 e. The van der Waals surface area contributed by atoms with Gasteiger partial charge in [0, 0.05) is 55.9 Å². The highest BCUT2D eigenvalue weighted by Crippen LogP contribution is 2.25. The summed E-state index contributed by atoms with van der Waals surface area (Å²) in [5.41, 5.74) is 18.5. The molecule has 2 heterocycles. The van der Waals surface area contributed by atoms with Gasteiger partial charge in [-0.2, -0.15) is 0 Å². The second-order valence-electron chi connectivity index (χ2n) is 33.7. The monoisotopic (exact) mass is 1720 g/mol. The molecule has 0 saturated carbocycles. The van der Waals surface area contributed by atoms with Gasteiger partial charge >= 0.3 is 0 Å². The summed E-state index contributed by atoms with van der Waals surface area (Å²) >= 11 is 0. The Labute approximate surface area is 721 Å². The average molecular weight is 1720 g/mol. The normalized spacial score (nSPS) is 16.1. The minimum Gasteiger partial charge on any atom is -0.508 e. The van der Waals surface area contributed by atoms with Crippen LogP contribution in [0.25, 0.3) is 10.9 Å². The van der Waals surface area contributed by atoms with E-state index in [1.54, 1.807) is 58.2 Å². The second-order valence-corrected chi connectivity index (χ2v) is 33.7. The Balaban J connectivity index is 1.31. The van der Waals surface area contributed by atoms with E-state index in [0.29, 0.717) is 40.4 Å². The Bertz CT molecular complexity index is 4110. The lowest BCUT2D eigenvalue weighted by molar-refractivity contribution is -0.143. The van der Waals surface area contributed by atoms with Crippen LogP contribution in [0.4, 0.5) is 0 Å². The number of aromatic nitrogens is 1. The number of fused-ring (bicyclic) bond motifs is 1. The van der Waals surface area contributed by atoms with Crippen molar-refractivity contribution in [2.45, 2.75) is 315 Å². The van der Waals surface area contributed by atoms with Gasteiger partial charge in [0.15, 0.2) is 5.96 Å². The third kappa shape index (κ3) is 35.4. The molecular formula is C88H137N17O18. The van der Waals surface area contributed by atoms with Gasteiger partial charge in [-0.1, -0.05) is 168 Å². The van der Waals surface area contributed by atoms with Gasteiger partial charge in [-0.25, -0.2) is 0 Å². The lowest BCUT2D eigenvalue weighted by atomic mass is 9.99. The zero-order valence-electron chi connectivity index (χ0n) is 73.2. The number of carbonyl (C=O) groups excluding carboxylic acids is 13. The number of rotatable bonds is 55. The highest BCUT2D eigenvalue weighted by Gasteiger charge is 2.43. The highest BCUT2D eigenvalue weighted by atomic mass is 16.3. The molecule has 1 fully saturated rings. The van der Waals surface area contributed by atoms with Gasteiger partial charge < -0.3 is 111 Å². The minimum atomic E-state index is -1.89. The zero-order valence-corrected chi connectivity index (χ0v) is 73.2. The quantitative estimate of drug-likeness (QED) is 0.0172. The number of aliphatic imine (C=N–C) groups is 1. The van der Waals surface area contributed by atoms with E-state index in [2.05, 4.69) is 75.4 Å². The van der Waals surface area contributed by atoms with Crippen molar-refractivity contribution in [3.63, 3.8) is 0 Å². The van der Waals surface area contributed by atoms with Gasteiger partial charge in [0.1, 0.15) is 84.0 Å². The Hall–Kier alpha value is -10.9. The summed E-state index contributed by atoms with van der Waals surface area (Å²) < 4.78 is 0. The van der Waals surface area contributed by atoms with Crippen LogP contribution in [0.5, 0.6) is 11.5 Å². The summed E-state index contributed by atoms with van der Waals surface area (Å²) in [6.07, 6.45) is 11.7. The summed E-state index contributed by atoms with van der Waals surface area (Å²) in [6.45, 7) is 18.0. The van der Waals surface area contributed by atoms with E-state index in [-0.39, 0.29) is 106 Å². The number of unbranched alkanes of at least 4 members (excludes halogenated alkanes) is 12. The standard InChI is InChI=1S/C88H137N17O18/c1-12-13-14-15-16-17-18-19-20-21-22-23-24-33-71(111)101-72(52(6)7)83(119)104-75(56(11)108)86(122)100-69(45-51(4)5)87(123)105-43-28-32-70(105)82(118)97-65(44-50(2)3)79(115)96-68(48-59-49-93-63-30-26-25-29-62(59)63)78(114)94-53(8)77(113)102-73(54(9)106)84(120)99-67(47-58-36-40-61(110)41-37-58)81(117)103-74(55(10)107)85(121)98-66(46-57-34-38-60(109)39-35-57)80(116)95-64(76(89)112)31-27-42-92-88(90)91/h25-26,29-30,34-41,49-56,64-70,72-75,93,106-110H,12-24,27-28,31-33,42-48H2,1-11H3,(H2,89,112)(H,94,114)(H,95,116)(H,96,115)(H,97,118)(H,98,121)(H,99,120)(H,100,122)(H,101,111)(H,102,113)(H,103,117)(H,104,119)(H4,90,91,92)/t53-,54+,55+,56+,64-,65-,66-,67-,68-,69-,70-,72-,73-,74-,75-/m1/s1. The smallest absolute Gasteiger partial charge is 0.245 e. The van der Waals surface area contributed by atoms with E-state index in [9.17, 15) is 87.9 Å².